The number of nitrogens with one attached hydrogen (secondary N) is 7. The number of H-pyrrole nitrogens is 1. The Balaban J connectivity index is 1.54. The van der Waals surface area contributed by atoms with Gasteiger partial charge < -0.3 is 73.5 Å². The van der Waals surface area contributed by atoms with E-state index in [9.17, 15) is 67.6 Å². The Kier molecular flexibility index (Phi) is 22.9. The van der Waals surface area contributed by atoms with Crippen LogP contribution in [0.3, 0.4) is 0 Å². The topological polar surface area (TPSA) is 425 Å². The molecule has 26 nitrogen and oxygen atoms in total. The third-order valence-corrected chi connectivity index (χ3v) is 13.6. The number of nitrogens with zero attached hydrogens (tertiary/aromatic N) is 2. The van der Waals surface area contributed by atoms with Crippen LogP contribution >= 0.6 is 7.37 Å². The quantitative estimate of drug-likeness (QED) is 0.0333. The van der Waals surface area contributed by atoms with Crippen molar-refractivity contribution in [1.29, 1.82) is 0 Å². The lowest BCUT2D eigenvalue weighted by Crippen LogP contribution is -2.58. The standard InChI is InChI=1S/C48H66N11O15P/c1-27(2)17-30(24-75(73,74)26-54-44(68)36(20-31-22-51-25-53-31)58-47(71)38-9-6-16-59(38)48(72)33(49)14-15-39(50)61)42(66)55-34(18-28-7-4-3-5-8-28)45(69)56-35(19-29-10-12-32(60)13-11-29)46(70)57-37(21-40(62)63)43(67)52-23-41(64)65/h3-5,7-8,10-13,22,25,27,30,33-38,60H,6,9,14-21,23-24,26,49H2,1-2H3,(H2,50,61)(H,51,53)(H,52,67)(H,54,68)(H,55,66)(H,56,69)(H,57,70)(H,58,71)(H,62,63)(H,64,65)(H,73,74)/t30-,33-,34-,35-,36-,37-,38-/m0/s1. The molecule has 75 heavy (non-hydrogen) atoms. The molecule has 0 spiro atoms. The van der Waals surface area contributed by atoms with Gasteiger partial charge in [0.05, 0.1) is 25.1 Å². The van der Waals surface area contributed by atoms with Gasteiger partial charge in [0.15, 0.2) is 0 Å². The average Bonchev–Trinajstić information content (AvgIpc) is 4.07. The lowest BCUT2D eigenvalue weighted by molar-refractivity contribution is -0.142. The summed E-state index contributed by atoms with van der Waals surface area (Å²) in [5, 5.41) is 43.0. The normalized spacial score (nSPS) is 16.4. The van der Waals surface area contributed by atoms with Crippen LogP contribution < -0.4 is 43.4 Å². The molecule has 1 saturated heterocycles. The highest BCUT2D eigenvalue weighted by Gasteiger charge is 2.39. The number of likely N-dealkylation sites (tertiary alicyclic amines) is 1. The maximum Gasteiger partial charge on any atom is 0.322 e. The van der Waals surface area contributed by atoms with Crippen LogP contribution in [0.4, 0.5) is 0 Å². The maximum absolute atomic E-state index is 14.4. The molecule has 2 heterocycles. The third kappa shape index (κ3) is 20.3. The lowest BCUT2D eigenvalue weighted by Gasteiger charge is -2.28. The van der Waals surface area contributed by atoms with Crippen LogP contribution in [0.15, 0.2) is 67.1 Å². The SMILES string of the molecule is CC(C)C[C@@H](CP(=O)(O)CNC(=O)[C@H](Cc1cnc[nH]1)NC(=O)[C@@H]1CCCN1C(=O)[C@@H](N)CCC(N)=O)C(=O)N[C@@H](Cc1ccccc1)C(=O)N[C@@H](Cc1ccc(O)cc1)C(=O)N[C@@H](CC(=O)O)C(=O)NCC(=O)O. The highest BCUT2D eigenvalue weighted by Crippen LogP contribution is 2.42. The maximum atomic E-state index is 14.4. The molecule has 1 aliphatic heterocycles. The van der Waals surface area contributed by atoms with Gasteiger partial charge in [0.1, 0.15) is 42.5 Å². The number of hydrogen-bond donors (Lipinski definition) is 13. The van der Waals surface area contributed by atoms with E-state index in [1.807, 2.05) is 5.32 Å². The van der Waals surface area contributed by atoms with Crippen molar-refractivity contribution in [2.45, 2.75) is 108 Å². The summed E-state index contributed by atoms with van der Waals surface area (Å²) in [6.45, 7) is 2.79. The van der Waals surface area contributed by atoms with Crippen LogP contribution in [-0.2, 0) is 71.8 Å². The molecular weight excluding hydrogens is 1000 g/mol. The van der Waals surface area contributed by atoms with Gasteiger partial charge in [0, 0.05) is 56.2 Å². The molecule has 1 unspecified atom stereocenters. The van der Waals surface area contributed by atoms with Gasteiger partial charge >= 0.3 is 11.9 Å². The van der Waals surface area contributed by atoms with Crippen molar-refractivity contribution in [3.63, 3.8) is 0 Å². The number of carbonyl (C=O) groups excluding carboxylic acids is 8. The Morgan fingerprint density at radius 1 is 0.773 bits per heavy atom. The van der Waals surface area contributed by atoms with Gasteiger partial charge in [-0.3, -0.25) is 52.5 Å². The second kappa shape index (κ2) is 28.7. The molecule has 0 aliphatic carbocycles. The average molecular weight is 1070 g/mol. The summed E-state index contributed by atoms with van der Waals surface area (Å²) in [4.78, 5) is 150. The van der Waals surface area contributed by atoms with Gasteiger partial charge in [0.25, 0.3) is 0 Å². The number of carbonyl (C=O) groups is 10. The molecule has 1 aliphatic rings. The number of aromatic nitrogens is 2. The zero-order valence-corrected chi connectivity index (χ0v) is 42.3. The van der Waals surface area contributed by atoms with Crippen molar-refractivity contribution >= 4 is 66.6 Å². The Hall–Kier alpha value is -7.70. The Labute approximate surface area is 431 Å². The second-order valence-electron chi connectivity index (χ2n) is 18.7. The van der Waals surface area contributed by atoms with Crippen LogP contribution in [0.2, 0.25) is 0 Å². The molecule has 3 aromatic rings. The number of carboxylic acid groups (broad SMARTS) is 2. The summed E-state index contributed by atoms with van der Waals surface area (Å²) in [6.07, 6.45) is 0.114. The van der Waals surface area contributed by atoms with Crippen molar-refractivity contribution < 1.29 is 72.7 Å². The predicted molar refractivity (Wildman–Crippen MR) is 267 cm³/mol. The summed E-state index contributed by atoms with van der Waals surface area (Å²) in [5.74, 6) is -11.4. The first kappa shape index (κ1) is 59.9. The van der Waals surface area contributed by atoms with Crippen molar-refractivity contribution in [1.82, 2.24) is 46.8 Å². The molecule has 27 heteroatoms. The van der Waals surface area contributed by atoms with Crippen LogP contribution in [-0.4, -0.2) is 156 Å². The number of aromatic amines is 1. The predicted octanol–water partition coefficient (Wildman–Crippen LogP) is -1.65. The summed E-state index contributed by atoms with van der Waals surface area (Å²) >= 11 is 0. The fourth-order valence-corrected chi connectivity index (χ4v) is 9.77. The number of amides is 8. The van der Waals surface area contributed by atoms with E-state index in [0.717, 1.165) is 0 Å². The number of primary amides is 1. The van der Waals surface area contributed by atoms with Crippen LogP contribution in [0.5, 0.6) is 5.75 Å². The first-order valence-electron chi connectivity index (χ1n) is 24.1. The first-order valence-corrected chi connectivity index (χ1v) is 26.1. The zero-order chi connectivity index (χ0) is 55.4. The van der Waals surface area contributed by atoms with E-state index in [2.05, 4.69) is 36.6 Å². The zero-order valence-electron chi connectivity index (χ0n) is 41.4. The minimum atomic E-state index is -4.48. The number of benzene rings is 2. The van der Waals surface area contributed by atoms with E-state index in [4.69, 9.17) is 16.6 Å². The molecule has 0 saturated carbocycles. The molecule has 4 rings (SSSR count). The van der Waals surface area contributed by atoms with Gasteiger partial charge in [-0.25, -0.2) is 4.98 Å². The number of phenolic OH excluding ortho intramolecular Hbond substituents is 1. The van der Waals surface area contributed by atoms with Gasteiger partial charge in [-0.05, 0) is 54.9 Å². The van der Waals surface area contributed by atoms with Crippen molar-refractivity contribution in [2.24, 2.45) is 23.3 Å². The molecule has 1 aromatic heterocycles. The number of aliphatic carboxylic acids is 2. The van der Waals surface area contributed by atoms with E-state index in [0.29, 0.717) is 23.2 Å². The van der Waals surface area contributed by atoms with Gasteiger partial charge in [0.2, 0.25) is 54.6 Å². The first-order chi connectivity index (χ1) is 35.4. The third-order valence-electron chi connectivity index (χ3n) is 12.0. The number of hydrogen-bond acceptors (Lipinski definition) is 14. The van der Waals surface area contributed by atoms with Crippen LogP contribution in [0.1, 0.15) is 69.2 Å². The number of rotatable bonds is 30. The molecule has 408 valence electrons. The number of carboxylic acids is 2. The van der Waals surface area contributed by atoms with Crippen molar-refractivity contribution in [3.05, 3.63) is 83.9 Å². The fourth-order valence-electron chi connectivity index (χ4n) is 8.24. The summed E-state index contributed by atoms with van der Waals surface area (Å²) in [6, 6.07) is 5.51. The highest BCUT2D eigenvalue weighted by atomic mass is 31.2. The van der Waals surface area contributed by atoms with E-state index < -0.39 is 134 Å². The fraction of sp³-hybridized carbons (Fsp3) is 0.479. The molecule has 8 amide bonds. The van der Waals surface area contributed by atoms with Gasteiger partial charge in [-0.2, -0.15) is 0 Å². The monoisotopic (exact) mass is 1070 g/mol. The number of nitrogens with two attached hydrogens (primary N) is 2. The Morgan fingerprint density at radius 3 is 1.93 bits per heavy atom. The smallest absolute Gasteiger partial charge is 0.322 e. The molecule has 0 radical (unpaired) electrons. The molecule has 2 aromatic carbocycles. The lowest BCUT2D eigenvalue weighted by atomic mass is 9.96. The summed E-state index contributed by atoms with van der Waals surface area (Å²) < 4.78 is 14.0. The largest absolute Gasteiger partial charge is 0.508 e. The van der Waals surface area contributed by atoms with Crippen LogP contribution in [0, 0.1) is 11.8 Å². The van der Waals surface area contributed by atoms with E-state index >= 15 is 0 Å². The van der Waals surface area contributed by atoms with Gasteiger partial charge in [-0.15, -0.1) is 0 Å². The molecule has 0 bridgehead atoms. The summed E-state index contributed by atoms with van der Waals surface area (Å²) in [7, 11) is -4.48. The van der Waals surface area contributed by atoms with Crippen LogP contribution in [0.25, 0.3) is 0 Å². The van der Waals surface area contributed by atoms with E-state index in [-0.39, 0.29) is 63.2 Å². The molecular formula is C48H66N11O15P. The molecule has 8 atom stereocenters. The van der Waals surface area contributed by atoms with Gasteiger partial charge in [-0.1, -0.05) is 56.3 Å². The second-order valence-corrected chi connectivity index (χ2v) is 21.0. The Morgan fingerprint density at radius 2 is 1.36 bits per heavy atom. The number of aromatic hydroxyl groups is 1. The number of imidazole rings is 1. The highest BCUT2D eigenvalue weighted by molar-refractivity contribution is 7.58. The minimum absolute atomic E-state index is 0.0199. The van der Waals surface area contributed by atoms with Crippen molar-refractivity contribution in [2.75, 3.05) is 25.5 Å². The van der Waals surface area contributed by atoms with Crippen molar-refractivity contribution in [3.8, 4) is 5.75 Å². The minimum Gasteiger partial charge on any atom is -0.508 e. The summed E-state index contributed by atoms with van der Waals surface area (Å²) in [5.41, 5.74) is 12.6. The molecule has 15 N–H and O–H groups in total. The number of phenols is 1. The molecule has 1 fully saturated rings. The Bertz CT molecular complexity index is 2530. The van der Waals surface area contributed by atoms with E-state index in [1.165, 1.54) is 41.7 Å². The van der Waals surface area contributed by atoms with E-state index in [1.54, 1.807) is 44.2 Å².